The highest BCUT2D eigenvalue weighted by Gasteiger charge is 2.12. The van der Waals surface area contributed by atoms with Crippen LogP contribution in [0.15, 0.2) is 71.7 Å². The van der Waals surface area contributed by atoms with Crippen molar-refractivity contribution in [3.05, 3.63) is 87.8 Å². The summed E-state index contributed by atoms with van der Waals surface area (Å²) in [5.41, 5.74) is 2.36. The van der Waals surface area contributed by atoms with Crippen molar-refractivity contribution in [1.29, 1.82) is 0 Å². The molecule has 3 rings (SSSR count). The van der Waals surface area contributed by atoms with E-state index in [0.717, 1.165) is 5.69 Å². The van der Waals surface area contributed by atoms with Crippen molar-refractivity contribution in [2.75, 3.05) is 0 Å². The molecule has 0 saturated carbocycles. The van der Waals surface area contributed by atoms with Gasteiger partial charge in [-0.05, 0) is 29.8 Å². The standard InChI is InChI=1S/C18H14ClNO2/c19-17-9-5-4-8-15(17)16-10-13(12-21)11-20(18(16)22)14-6-2-1-3-7-14/h1-11,21H,12H2. The SMILES string of the molecule is O=c1c(-c2ccccc2Cl)cc(CO)cn1-c1ccccc1. The Balaban J connectivity index is 2.29. The third-order valence-corrected chi connectivity index (χ3v) is 3.78. The van der Waals surface area contributed by atoms with Crippen LogP contribution in [0.25, 0.3) is 16.8 Å². The highest BCUT2D eigenvalue weighted by atomic mass is 35.5. The molecule has 0 fully saturated rings. The van der Waals surface area contributed by atoms with Gasteiger partial charge in [-0.25, -0.2) is 0 Å². The van der Waals surface area contributed by atoms with Crippen LogP contribution in [0.3, 0.4) is 0 Å². The van der Waals surface area contributed by atoms with Gasteiger partial charge < -0.3 is 5.11 Å². The summed E-state index contributed by atoms with van der Waals surface area (Å²) < 4.78 is 1.53. The van der Waals surface area contributed by atoms with E-state index in [9.17, 15) is 9.90 Å². The Kier molecular flexibility index (Phi) is 4.09. The van der Waals surface area contributed by atoms with E-state index in [2.05, 4.69) is 0 Å². The van der Waals surface area contributed by atoms with Crippen LogP contribution < -0.4 is 5.56 Å². The van der Waals surface area contributed by atoms with Crippen LogP contribution in [0, 0.1) is 0 Å². The molecule has 0 aliphatic carbocycles. The Hall–Kier alpha value is -2.36. The van der Waals surface area contributed by atoms with E-state index < -0.39 is 0 Å². The van der Waals surface area contributed by atoms with Crippen molar-refractivity contribution >= 4 is 11.6 Å². The fraction of sp³-hybridized carbons (Fsp3) is 0.0556. The fourth-order valence-electron chi connectivity index (χ4n) is 2.38. The monoisotopic (exact) mass is 311 g/mol. The van der Waals surface area contributed by atoms with E-state index in [4.69, 9.17) is 11.6 Å². The number of pyridine rings is 1. The summed E-state index contributed by atoms with van der Waals surface area (Å²) in [5, 5.41) is 10.0. The van der Waals surface area contributed by atoms with Crippen LogP contribution in [0.5, 0.6) is 0 Å². The molecule has 4 heteroatoms. The molecule has 0 amide bonds. The van der Waals surface area contributed by atoms with E-state index in [1.807, 2.05) is 42.5 Å². The minimum atomic E-state index is -0.170. The Morgan fingerprint density at radius 3 is 2.32 bits per heavy atom. The average molecular weight is 312 g/mol. The molecule has 3 aromatic rings. The van der Waals surface area contributed by atoms with Gasteiger partial charge in [-0.2, -0.15) is 0 Å². The summed E-state index contributed by atoms with van der Waals surface area (Å²) in [4.78, 5) is 12.8. The summed E-state index contributed by atoms with van der Waals surface area (Å²) in [7, 11) is 0. The van der Waals surface area contributed by atoms with Crippen molar-refractivity contribution in [2.45, 2.75) is 6.61 Å². The molecule has 0 unspecified atom stereocenters. The summed E-state index contributed by atoms with van der Waals surface area (Å²) >= 11 is 6.21. The number of nitrogens with zero attached hydrogens (tertiary/aromatic N) is 1. The average Bonchev–Trinajstić information content (AvgIpc) is 2.57. The summed E-state index contributed by atoms with van der Waals surface area (Å²) in [6, 6.07) is 18.2. The van der Waals surface area contributed by atoms with E-state index in [1.54, 1.807) is 24.4 Å². The molecular weight excluding hydrogens is 298 g/mol. The van der Waals surface area contributed by atoms with Crippen LogP contribution in [-0.4, -0.2) is 9.67 Å². The fourth-order valence-corrected chi connectivity index (χ4v) is 2.62. The van der Waals surface area contributed by atoms with Gasteiger partial charge in [0.25, 0.3) is 5.56 Å². The lowest BCUT2D eigenvalue weighted by molar-refractivity contribution is 0.281. The summed E-state index contributed by atoms with van der Waals surface area (Å²) in [5.74, 6) is 0. The van der Waals surface area contributed by atoms with Gasteiger partial charge in [0.05, 0.1) is 6.61 Å². The van der Waals surface area contributed by atoms with Crippen molar-refractivity contribution in [3.8, 4) is 16.8 Å². The number of aliphatic hydroxyl groups excluding tert-OH is 1. The maximum atomic E-state index is 12.8. The molecule has 0 aliphatic heterocycles. The Morgan fingerprint density at radius 2 is 1.64 bits per heavy atom. The van der Waals surface area contributed by atoms with Gasteiger partial charge in [-0.15, -0.1) is 0 Å². The zero-order valence-electron chi connectivity index (χ0n) is 11.7. The summed E-state index contributed by atoms with van der Waals surface area (Å²) in [6.07, 6.45) is 1.65. The molecule has 0 bridgehead atoms. The largest absolute Gasteiger partial charge is 0.392 e. The minimum absolute atomic E-state index is 0.148. The molecule has 110 valence electrons. The number of halogens is 1. The number of hydrogen-bond donors (Lipinski definition) is 1. The molecule has 0 spiro atoms. The van der Waals surface area contributed by atoms with Crippen LogP contribution in [0.2, 0.25) is 5.02 Å². The Morgan fingerprint density at radius 1 is 0.955 bits per heavy atom. The maximum absolute atomic E-state index is 12.8. The number of rotatable bonds is 3. The van der Waals surface area contributed by atoms with E-state index in [-0.39, 0.29) is 12.2 Å². The zero-order chi connectivity index (χ0) is 15.5. The third-order valence-electron chi connectivity index (χ3n) is 3.45. The topological polar surface area (TPSA) is 42.2 Å². The number of aromatic nitrogens is 1. The number of aliphatic hydroxyl groups is 1. The maximum Gasteiger partial charge on any atom is 0.263 e. The van der Waals surface area contributed by atoms with Gasteiger partial charge in [-0.1, -0.05) is 48.0 Å². The molecule has 0 atom stereocenters. The number of benzene rings is 2. The quantitative estimate of drug-likeness (QED) is 0.802. The Bertz CT molecular complexity index is 856. The molecule has 0 radical (unpaired) electrons. The van der Waals surface area contributed by atoms with Crippen LogP contribution in [-0.2, 0) is 6.61 Å². The van der Waals surface area contributed by atoms with Crippen molar-refractivity contribution in [1.82, 2.24) is 4.57 Å². The molecular formula is C18H14ClNO2. The number of hydrogen-bond acceptors (Lipinski definition) is 2. The second-order valence-corrected chi connectivity index (χ2v) is 5.32. The van der Waals surface area contributed by atoms with Crippen LogP contribution in [0.1, 0.15) is 5.56 Å². The van der Waals surface area contributed by atoms with Gasteiger partial charge in [0, 0.05) is 28.0 Å². The third kappa shape index (κ3) is 2.69. The van der Waals surface area contributed by atoms with Gasteiger partial charge in [0.1, 0.15) is 0 Å². The number of para-hydroxylation sites is 1. The zero-order valence-corrected chi connectivity index (χ0v) is 12.5. The summed E-state index contributed by atoms with van der Waals surface area (Å²) in [6.45, 7) is -0.148. The molecule has 3 nitrogen and oxygen atoms in total. The van der Waals surface area contributed by atoms with Gasteiger partial charge >= 0.3 is 0 Å². The highest BCUT2D eigenvalue weighted by molar-refractivity contribution is 6.33. The second-order valence-electron chi connectivity index (χ2n) is 4.91. The van der Waals surface area contributed by atoms with Gasteiger partial charge in [-0.3, -0.25) is 9.36 Å². The lowest BCUT2D eigenvalue weighted by Gasteiger charge is -2.12. The molecule has 0 aliphatic rings. The molecule has 22 heavy (non-hydrogen) atoms. The van der Waals surface area contributed by atoms with Crippen molar-refractivity contribution in [3.63, 3.8) is 0 Å². The van der Waals surface area contributed by atoms with Crippen LogP contribution >= 0.6 is 11.6 Å². The minimum Gasteiger partial charge on any atom is -0.392 e. The van der Waals surface area contributed by atoms with Crippen molar-refractivity contribution in [2.24, 2.45) is 0 Å². The van der Waals surface area contributed by atoms with E-state index >= 15 is 0 Å². The molecule has 1 N–H and O–H groups in total. The normalized spacial score (nSPS) is 10.6. The van der Waals surface area contributed by atoms with Crippen LogP contribution in [0.4, 0.5) is 0 Å². The van der Waals surface area contributed by atoms with E-state index in [1.165, 1.54) is 4.57 Å². The van der Waals surface area contributed by atoms with E-state index in [0.29, 0.717) is 21.7 Å². The first kappa shape index (κ1) is 14.6. The highest BCUT2D eigenvalue weighted by Crippen LogP contribution is 2.26. The molecule has 1 heterocycles. The lowest BCUT2D eigenvalue weighted by Crippen LogP contribution is -2.20. The molecule has 1 aromatic heterocycles. The second kappa shape index (κ2) is 6.18. The van der Waals surface area contributed by atoms with Gasteiger partial charge in [0.15, 0.2) is 0 Å². The first-order chi connectivity index (χ1) is 10.7. The first-order valence-corrected chi connectivity index (χ1v) is 7.25. The predicted octanol–water partition coefficient (Wildman–Crippen LogP) is 3.65. The predicted molar refractivity (Wildman–Crippen MR) is 88.4 cm³/mol. The first-order valence-electron chi connectivity index (χ1n) is 6.87. The van der Waals surface area contributed by atoms with Gasteiger partial charge in [0.2, 0.25) is 0 Å². The molecule has 0 saturated heterocycles. The van der Waals surface area contributed by atoms with Crippen molar-refractivity contribution < 1.29 is 5.11 Å². The smallest absolute Gasteiger partial charge is 0.263 e. The Labute approximate surface area is 133 Å². The lowest BCUT2D eigenvalue weighted by atomic mass is 10.1. The molecule has 2 aromatic carbocycles.